The summed E-state index contributed by atoms with van der Waals surface area (Å²) in [4.78, 5) is 0. The van der Waals surface area contributed by atoms with Gasteiger partial charge in [0.2, 0.25) is 0 Å². The van der Waals surface area contributed by atoms with E-state index >= 15 is 0 Å². The van der Waals surface area contributed by atoms with Gasteiger partial charge in [-0.1, -0.05) is 44.2 Å². The third-order valence-electron chi connectivity index (χ3n) is 2.66. The third-order valence-corrected chi connectivity index (χ3v) is 2.66. The second kappa shape index (κ2) is 5.99. The monoisotopic (exact) mass is 224 g/mol. The van der Waals surface area contributed by atoms with Crippen LogP contribution in [0.15, 0.2) is 30.3 Å². The van der Waals surface area contributed by atoms with E-state index in [1.54, 1.807) is 0 Å². The number of aliphatic hydroxyl groups excluding tert-OH is 2. The van der Waals surface area contributed by atoms with Crippen LogP contribution in [0, 0.1) is 5.41 Å². The van der Waals surface area contributed by atoms with Crippen molar-refractivity contribution in [2.45, 2.75) is 26.6 Å². The van der Waals surface area contributed by atoms with Crippen molar-refractivity contribution in [1.29, 1.82) is 0 Å². The summed E-state index contributed by atoms with van der Waals surface area (Å²) in [7, 11) is 0. The molecule has 90 valence electrons. The first kappa shape index (κ1) is 13.2. The molecule has 0 aliphatic carbocycles. The van der Waals surface area contributed by atoms with Crippen molar-refractivity contribution < 1.29 is 14.9 Å². The van der Waals surface area contributed by atoms with Crippen LogP contribution in [-0.2, 0) is 11.3 Å². The third kappa shape index (κ3) is 3.93. The predicted octanol–water partition coefficient (Wildman–Crippen LogP) is 1.58. The topological polar surface area (TPSA) is 49.7 Å². The molecule has 1 rings (SSSR count). The molecule has 0 saturated heterocycles. The lowest BCUT2D eigenvalue weighted by molar-refractivity contribution is -0.0512. The van der Waals surface area contributed by atoms with Gasteiger partial charge >= 0.3 is 0 Å². The molecule has 0 heterocycles. The van der Waals surface area contributed by atoms with E-state index in [1.165, 1.54) is 0 Å². The Morgan fingerprint density at radius 1 is 1.25 bits per heavy atom. The fourth-order valence-electron chi connectivity index (χ4n) is 1.35. The van der Waals surface area contributed by atoms with Gasteiger partial charge in [-0.15, -0.1) is 0 Å². The van der Waals surface area contributed by atoms with Crippen LogP contribution in [0.4, 0.5) is 0 Å². The summed E-state index contributed by atoms with van der Waals surface area (Å²) in [5.41, 5.74) is 0.681. The average Bonchev–Trinajstić information content (AvgIpc) is 2.29. The first-order valence-electron chi connectivity index (χ1n) is 5.47. The number of ether oxygens (including phenoxy) is 1. The fourth-order valence-corrected chi connectivity index (χ4v) is 1.35. The fraction of sp³-hybridized carbons (Fsp3) is 0.538. The number of hydrogen-bond donors (Lipinski definition) is 2. The molecule has 0 amide bonds. The van der Waals surface area contributed by atoms with E-state index in [0.29, 0.717) is 13.2 Å². The maximum atomic E-state index is 9.55. The number of hydrogen-bond acceptors (Lipinski definition) is 3. The van der Waals surface area contributed by atoms with Crippen LogP contribution in [0.1, 0.15) is 19.4 Å². The molecule has 0 unspecified atom stereocenters. The largest absolute Gasteiger partial charge is 0.394 e. The molecule has 2 N–H and O–H groups in total. The second-order valence-electron chi connectivity index (χ2n) is 4.67. The number of benzene rings is 1. The molecular formula is C13H20O3. The van der Waals surface area contributed by atoms with Crippen molar-refractivity contribution in [3.05, 3.63) is 35.9 Å². The molecule has 3 heteroatoms. The lowest BCUT2D eigenvalue weighted by Gasteiger charge is -2.28. The van der Waals surface area contributed by atoms with Crippen LogP contribution in [-0.4, -0.2) is 29.5 Å². The molecule has 0 aromatic heterocycles. The predicted molar refractivity (Wildman–Crippen MR) is 63.0 cm³/mol. The molecule has 0 aliphatic rings. The lowest BCUT2D eigenvalue weighted by atomic mass is 9.88. The lowest BCUT2D eigenvalue weighted by Crippen LogP contribution is -2.36. The zero-order chi connectivity index (χ0) is 12.0. The van der Waals surface area contributed by atoms with Gasteiger partial charge in [0.15, 0.2) is 0 Å². The molecule has 0 spiro atoms. The van der Waals surface area contributed by atoms with E-state index in [4.69, 9.17) is 9.84 Å². The Hall–Kier alpha value is -0.900. The molecule has 0 radical (unpaired) electrons. The minimum Gasteiger partial charge on any atom is -0.394 e. The molecule has 16 heavy (non-hydrogen) atoms. The first-order chi connectivity index (χ1) is 7.56. The van der Waals surface area contributed by atoms with Gasteiger partial charge in [0.1, 0.15) is 0 Å². The van der Waals surface area contributed by atoms with Crippen molar-refractivity contribution in [2.24, 2.45) is 5.41 Å². The highest BCUT2D eigenvalue weighted by Gasteiger charge is 2.27. The Kier molecular flexibility index (Phi) is 4.93. The van der Waals surface area contributed by atoms with Gasteiger partial charge in [-0.3, -0.25) is 0 Å². The standard InChI is InChI=1S/C13H20O3/c1-13(2,12(15)8-14)10-16-9-11-6-4-3-5-7-11/h3-7,12,14-15H,8-10H2,1-2H3/t12-/m0/s1. The molecule has 3 nitrogen and oxygen atoms in total. The summed E-state index contributed by atoms with van der Waals surface area (Å²) in [6, 6.07) is 9.88. The summed E-state index contributed by atoms with van der Waals surface area (Å²) in [5.74, 6) is 0. The van der Waals surface area contributed by atoms with Gasteiger partial charge in [-0.2, -0.15) is 0 Å². The van der Waals surface area contributed by atoms with Crippen LogP contribution < -0.4 is 0 Å². The van der Waals surface area contributed by atoms with E-state index in [0.717, 1.165) is 5.56 Å². The zero-order valence-electron chi connectivity index (χ0n) is 9.89. The Labute approximate surface area is 96.7 Å². The van der Waals surface area contributed by atoms with Gasteiger partial charge in [0, 0.05) is 5.41 Å². The average molecular weight is 224 g/mol. The smallest absolute Gasteiger partial charge is 0.0843 e. The molecule has 1 aromatic carbocycles. The number of aliphatic hydroxyl groups is 2. The summed E-state index contributed by atoms with van der Waals surface area (Å²) < 4.78 is 5.54. The SMILES string of the molecule is CC(C)(COCc1ccccc1)[C@@H](O)CO. The summed E-state index contributed by atoms with van der Waals surface area (Å²) in [6.07, 6.45) is -0.747. The van der Waals surface area contributed by atoms with E-state index in [9.17, 15) is 5.11 Å². The van der Waals surface area contributed by atoms with E-state index in [-0.39, 0.29) is 6.61 Å². The minimum atomic E-state index is -0.747. The highest BCUT2D eigenvalue weighted by Crippen LogP contribution is 2.21. The van der Waals surface area contributed by atoms with Crippen molar-refractivity contribution in [1.82, 2.24) is 0 Å². The minimum absolute atomic E-state index is 0.234. The molecule has 0 saturated carbocycles. The van der Waals surface area contributed by atoms with Gasteiger partial charge in [-0.05, 0) is 5.56 Å². The molecule has 0 bridgehead atoms. The van der Waals surface area contributed by atoms with Crippen molar-refractivity contribution in [3.63, 3.8) is 0 Å². The maximum absolute atomic E-state index is 9.55. The van der Waals surface area contributed by atoms with Crippen LogP contribution in [0.3, 0.4) is 0 Å². The van der Waals surface area contributed by atoms with Gasteiger partial charge in [-0.25, -0.2) is 0 Å². The normalized spacial score (nSPS) is 13.8. The maximum Gasteiger partial charge on any atom is 0.0843 e. The van der Waals surface area contributed by atoms with E-state index in [2.05, 4.69) is 0 Å². The molecule has 1 aromatic rings. The van der Waals surface area contributed by atoms with Crippen LogP contribution >= 0.6 is 0 Å². The second-order valence-corrected chi connectivity index (χ2v) is 4.67. The van der Waals surface area contributed by atoms with Gasteiger partial charge < -0.3 is 14.9 Å². The van der Waals surface area contributed by atoms with Crippen molar-refractivity contribution in [3.8, 4) is 0 Å². The Bertz CT molecular complexity index is 295. The van der Waals surface area contributed by atoms with Gasteiger partial charge in [0.05, 0.1) is 25.9 Å². The summed E-state index contributed by atoms with van der Waals surface area (Å²) >= 11 is 0. The van der Waals surface area contributed by atoms with Gasteiger partial charge in [0.25, 0.3) is 0 Å². The van der Waals surface area contributed by atoms with E-state index in [1.807, 2.05) is 44.2 Å². The molecule has 0 aliphatic heterocycles. The van der Waals surface area contributed by atoms with Crippen molar-refractivity contribution >= 4 is 0 Å². The quantitative estimate of drug-likeness (QED) is 0.771. The first-order valence-corrected chi connectivity index (χ1v) is 5.47. The van der Waals surface area contributed by atoms with E-state index < -0.39 is 11.5 Å². The highest BCUT2D eigenvalue weighted by atomic mass is 16.5. The van der Waals surface area contributed by atoms with Crippen molar-refractivity contribution in [2.75, 3.05) is 13.2 Å². The van der Waals surface area contributed by atoms with Crippen LogP contribution in [0.2, 0.25) is 0 Å². The Morgan fingerprint density at radius 2 is 1.88 bits per heavy atom. The Balaban J connectivity index is 2.35. The van der Waals surface area contributed by atoms with Crippen LogP contribution in [0.5, 0.6) is 0 Å². The molecular weight excluding hydrogens is 204 g/mol. The Morgan fingerprint density at radius 3 is 2.44 bits per heavy atom. The number of rotatable bonds is 6. The summed E-state index contributed by atoms with van der Waals surface area (Å²) in [6.45, 7) is 4.46. The van der Waals surface area contributed by atoms with Crippen LogP contribution in [0.25, 0.3) is 0 Å². The highest BCUT2D eigenvalue weighted by molar-refractivity contribution is 5.13. The summed E-state index contributed by atoms with van der Waals surface area (Å²) in [5, 5.41) is 18.4. The zero-order valence-corrected chi connectivity index (χ0v) is 9.89. The molecule has 0 fully saturated rings. The molecule has 1 atom stereocenters.